The van der Waals surface area contributed by atoms with E-state index in [4.69, 9.17) is 15.2 Å². The van der Waals surface area contributed by atoms with Crippen molar-refractivity contribution in [3.8, 4) is 11.5 Å². The van der Waals surface area contributed by atoms with Crippen molar-refractivity contribution in [3.05, 3.63) is 59.7 Å². The van der Waals surface area contributed by atoms with Crippen molar-refractivity contribution < 1.29 is 9.47 Å². The lowest BCUT2D eigenvalue weighted by Crippen LogP contribution is -2.52. The second-order valence-electron chi connectivity index (χ2n) is 7.85. The maximum Gasteiger partial charge on any atom is 0.161 e. The zero-order valence-electron chi connectivity index (χ0n) is 16.5. The van der Waals surface area contributed by atoms with E-state index in [0.717, 1.165) is 43.1 Å². The van der Waals surface area contributed by atoms with Gasteiger partial charge in [-0.15, -0.1) is 12.4 Å². The van der Waals surface area contributed by atoms with Gasteiger partial charge in [0.1, 0.15) is 6.61 Å². The van der Waals surface area contributed by atoms with Crippen LogP contribution >= 0.6 is 12.4 Å². The molecule has 1 heterocycles. The Labute approximate surface area is 169 Å². The van der Waals surface area contributed by atoms with Crippen LogP contribution in [-0.2, 0) is 13.2 Å². The predicted octanol–water partition coefficient (Wildman–Crippen LogP) is 4.26. The number of ether oxygens (including phenoxy) is 2. The van der Waals surface area contributed by atoms with Crippen LogP contribution in [-0.4, -0.2) is 31.1 Å². The largest absolute Gasteiger partial charge is 0.493 e. The molecule has 0 aromatic heterocycles. The monoisotopic (exact) mass is 390 g/mol. The average molecular weight is 391 g/mol. The number of hydrogen-bond donors (Lipinski definition) is 1. The minimum absolute atomic E-state index is 0. The first-order chi connectivity index (χ1) is 12.5. The second kappa shape index (κ2) is 9.45. The van der Waals surface area contributed by atoms with Crippen LogP contribution < -0.4 is 15.2 Å². The molecule has 0 amide bonds. The summed E-state index contributed by atoms with van der Waals surface area (Å²) in [5.41, 5.74) is 8.79. The van der Waals surface area contributed by atoms with Crippen LogP contribution in [0.5, 0.6) is 11.5 Å². The number of benzene rings is 2. The highest BCUT2D eigenvalue weighted by molar-refractivity contribution is 5.85. The molecule has 1 atom stereocenters. The summed E-state index contributed by atoms with van der Waals surface area (Å²) in [5, 5.41) is 0. The van der Waals surface area contributed by atoms with Crippen LogP contribution in [0.3, 0.4) is 0 Å². The number of methoxy groups -OCH3 is 1. The molecule has 5 heteroatoms. The molecule has 1 unspecified atom stereocenters. The molecule has 1 saturated heterocycles. The Bertz CT molecular complexity index is 722. The van der Waals surface area contributed by atoms with E-state index in [2.05, 4.69) is 43.0 Å². The summed E-state index contributed by atoms with van der Waals surface area (Å²) in [4.78, 5) is 2.47. The van der Waals surface area contributed by atoms with Gasteiger partial charge in [-0.25, -0.2) is 0 Å². The van der Waals surface area contributed by atoms with Crippen molar-refractivity contribution in [2.24, 2.45) is 11.1 Å². The van der Waals surface area contributed by atoms with Gasteiger partial charge in [-0.2, -0.15) is 0 Å². The Morgan fingerprint density at radius 3 is 2.48 bits per heavy atom. The Morgan fingerprint density at radius 1 is 1.07 bits per heavy atom. The summed E-state index contributed by atoms with van der Waals surface area (Å²) in [7, 11) is 1.69. The Morgan fingerprint density at radius 2 is 1.81 bits per heavy atom. The summed E-state index contributed by atoms with van der Waals surface area (Å²) >= 11 is 0. The maximum absolute atomic E-state index is 6.25. The first kappa shape index (κ1) is 21.5. The molecule has 0 spiro atoms. The summed E-state index contributed by atoms with van der Waals surface area (Å²) in [6, 6.07) is 16.7. The average Bonchev–Trinajstić information content (AvgIpc) is 2.64. The highest BCUT2D eigenvalue weighted by atomic mass is 35.5. The van der Waals surface area contributed by atoms with Crippen LogP contribution in [0.1, 0.15) is 31.4 Å². The summed E-state index contributed by atoms with van der Waals surface area (Å²) in [6.45, 7) is 8.01. The highest BCUT2D eigenvalue weighted by Gasteiger charge is 2.33. The molecule has 0 radical (unpaired) electrons. The Kier molecular flexibility index (Phi) is 7.54. The predicted molar refractivity (Wildman–Crippen MR) is 113 cm³/mol. The zero-order chi connectivity index (χ0) is 18.6. The van der Waals surface area contributed by atoms with Gasteiger partial charge in [0.25, 0.3) is 0 Å². The van der Waals surface area contributed by atoms with Crippen LogP contribution in [0.25, 0.3) is 0 Å². The molecule has 27 heavy (non-hydrogen) atoms. The van der Waals surface area contributed by atoms with Crippen molar-refractivity contribution in [3.63, 3.8) is 0 Å². The van der Waals surface area contributed by atoms with Gasteiger partial charge in [-0.05, 0) is 35.1 Å². The first-order valence-electron chi connectivity index (χ1n) is 9.29. The van der Waals surface area contributed by atoms with Gasteiger partial charge < -0.3 is 15.2 Å². The minimum Gasteiger partial charge on any atom is -0.493 e. The van der Waals surface area contributed by atoms with Gasteiger partial charge in [0.2, 0.25) is 0 Å². The third-order valence-electron chi connectivity index (χ3n) is 5.26. The number of halogens is 1. The van der Waals surface area contributed by atoms with Gasteiger partial charge >= 0.3 is 0 Å². The smallest absolute Gasteiger partial charge is 0.161 e. The molecule has 1 fully saturated rings. The molecular formula is C22H31ClN2O2. The number of nitrogens with two attached hydrogens (primary N) is 1. The number of likely N-dealkylation sites (tertiary alicyclic amines) is 1. The Balaban J connectivity index is 0.00000261. The molecule has 2 aromatic rings. The van der Waals surface area contributed by atoms with E-state index in [1.54, 1.807) is 7.11 Å². The molecule has 2 N–H and O–H groups in total. The topological polar surface area (TPSA) is 47.7 Å². The first-order valence-corrected chi connectivity index (χ1v) is 9.29. The fourth-order valence-electron chi connectivity index (χ4n) is 3.54. The van der Waals surface area contributed by atoms with Gasteiger partial charge in [-0.1, -0.05) is 50.2 Å². The van der Waals surface area contributed by atoms with Gasteiger partial charge in [0.05, 0.1) is 7.11 Å². The van der Waals surface area contributed by atoms with Crippen LogP contribution in [0, 0.1) is 5.41 Å². The van der Waals surface area contributed by atoms with Crippen molar-refractivity contribution in [1.82, 2.24) is 4.90 Å². The molecule has 0 aliphatic carbocycles. The van der Waals surface area contributed by atoms with E-state index < -0.39 is 0 Å². The second-order valence-corrected chi connectivity index (χ2v) is 7.85. The van der Waals surface area contributed by atoms with Gasteiger partial charge in [0.15, 0.2) is 11.5 Å². The fourth-order valence-corrected chi connectivity index (χ4v) is 3.54. The lowest BCUT2D eigenvalue weighted by Gasteiger charge is -2.42. The fraction of sp³-hybridized carbons (Fsp3) is 0.455. The quantitative estimate of drug-likeness (QED) is 0.800. The summed E-state index contributed by atoms with van der Waals surface area (Å²) < 4.78 is 11.5. The zero-order valence-corrected chi connectivity index (χ0v) is 17.3. The van der Waals surface area contributed by atoms with Crippen molar-refractivity contribution in [2.45, 2.75) is 39.5 Å². The number of hydrogen-bond acceptors (Lipinski definition) is 4. The van der Waals surface area contributed by atoms with Crippen LogP contribution in [0.4, 0.5) is 0 Å². The molecule has 148 valence electrons. The van der Waals surface area contributed by atoms with Gasteiger partial charge in [-0.3, -0.25) is 4.90 Å². The Hall–Kier alpha value is -1.75. The standard InChI is InChI=1S/C22H30N2O2.ClH/c1-22(2)16-24(12-11-21(22)23)14-18-9-10-19(20(13-18)25-3)26-15-17-7-5-4-6-8-17;/h4-10,13,21H,11-12,14-16,23H2,1-3H3;1H. The molecule has 1 aliphatic rings. The maximum atomic E-state index is 6.25. The van der Waals surface area contributed by atoms with E-state index in [9.17, 15) is 0 Å². The third-order valence-corrected chi connectivity index (χ3v) is 5.26. The van der Waals surface area contributed by atoms with E-state index in [0.29, 0.717) is 6.61 Å². The molecule has 2 aromatic carbocycles. The van der Waals surface area contributed by atoms with Crippen molar-refractivity contribution >= 4 is 12.4 Å². The van der Waals surface area contributed by atoms with Crippen LogP contribution in [0.15, 0.2) is 48.5 Å². The summed E-state index contributed by atoms with van der Waals surface area (Å²) in [5.74, 6) is 1.56. The van der Waals surface area contributed by atoms with E-state index in [1.807, 2.05) is 24.3 Å². The number of piperidine rings is 1. The molecule has 0 bridgehead atoms. The van der Waals surface area contributed by atoms with Crippen molar-refractivity contribution in [1.29, 1.82) is 0 Å². The third kappa shape index (κ3) is 5.61. The normalized spacial score (nSPS) is 19.2. The van der Waals surface area contributed by atoms with E-state index in [-0.39, 0.29) is 23.9 Å². The van der Waals surface area contributed by atoms with Crippen LogP contribution in [0.2, 0.25) is 0 Å². The van der Waals surface area contributed by atoms with Gasteiger partial charge in [0, 0.05) is 25.7 Å². The molecule has 3 rings (SSSR count). The van der Waals surface area contributed by atoms with E-state index in [1.165, 1.54) is 5.56 Å². The number of nitrogens with zero attached hydrogens (tertiary/aromatic N) is 1. The SMILES string of the molecule is COc1cc(CN2CCC(N)C(C)(C)C2)ccc1OCc1ccccc1.Cl. The molecule has 4 nitrogen and oxygen atoms in total. The lowest BCUT2D eigenvalue weighted by molar-refractivity contribution is 0.0898. The summed E-state index contributed by atoms with van der Waals surface area (Å²) in [6.07, 6.45) is 1.04. The molecule has 0 saturated carbocycles. The highest BCUT2D eigenvalue weighted by Crippen LogP contribution is 2.32. The molecular weight excluding hydrogens is 360 g/mol. The molecule has 1 aliphatic heterocycles. The van der Waals surface area contributed by atoms with E-state index >= 15 is 0 Å². The van der Waals surface area contributed by atoms with Crippen molar-refractivity contribution in [2.75, 3.05) is 20.2 Å². The lowest BCUT2D eigenvalue weighted by atomic mass is 9.79. The minimum atomic E-state index is 0. The number of rotatable bonds is 6.